The van der Waals surface area contributed by atoms with E-state index in [-0.39, 0.29) is 6.17 Å². The monoisotopic (exact) mass is 389 g/mol. The Labute approximate surface area is 170 Å². The van der Waals surface area contributed by atoms with E-state index in [1.165, 1.54) is 64.2 Å². The highest BCUT2D eigenvalue weighted by atomic mass is 32.1. The first-order valence-corrected chi connectivity index (χ1v) is 11.0. The van der Waals surface area contributed by atoms with Crippen molar-refractivity contribution in [2.24, 2.45) is 5.10 Å². The van der Waals surface area contributed by atoms with Gasteiger partial charge in [-0.05, 0) is 18.6 Å². The summed E-state index contributed by atoms with van der Waals surface area (Å²) in [7, 11) is 1.69. The molecule has 0 aliphatic carbocycles. The number of nitrogens with one attached hydrogen (secondary N) is 1. The molecule has 1 atom stereocenters. The third-order valence-electron chi connectivity index (χ3n) is 5.10. The van der Waals surface area contributed by atoms with Crippen molar-refractivity contribution in [1.82, 2.24) is 5.43 Å². The number of nitrogens with zero attached hydrogens (tertiary/aromatic N) is 2. The van der Waals surface area contributed by atoms with Gasteiger partial charge in [0.2, 0.25) is 0 Å². The van der Waals surface area contributed by atoms with Gasteiger partial charge in [0.25, 0.3) is 0 Å². The van der Waals surface area contributed by atoms with Crippen molar-refractivity contribution >= 4 is 29.1 Å². The van der Waals surface area contributed by atoms with Gasteiger partial charge in [0.1, 0.15) is 17.8 Å². The Balaban J connectivity index is 1.72. The Bertz CT molecular complexity index is 591. The first-order valence-electron chi connectivity index (χ1n) is 10.5. The summed E-state index contributed by atoms with van der Waals surface area (Å²) in [5.74, 6) is 1.91. The average Bonchev–Trinajstić information content (AvgIpc) is 3.12. The van der Waals surface area contributed by atoms with Gasteiger partial charge in [-0.15, -0.1) is 0 Å². The molecule has 0 spiro atoms. The second-order valence-corrected chi connectivity index (χ2v) is 7.51. The van der Waals surface area contributed by atoms with Crippen molar-refractivity contribution in [2.45, 2.75) is 83.7 Å². The summed E-state index contributed by atoms with van der Waals surface area (Å²) in [6.45, 7) is 2.27. The van der Waals surface area contributed by atoms with Gasteiger partial charge >= 0.3 is 0 Å². The number of thiocarbonyl (C=S) groups is 1. The van der Waals surface area contributed by atoms with Crippen LogP contribution in [0.25, 0.3) is 0 Å². The molecule has 2 rings (SSSR count). The lowest BCUT2D eigenvalue weighted by molar-refractivity contribution is 0.415. The van der Waals surface area contributed by atoms with Crippen LogP contribution in [0.4, 0.5) is 5.69 Å². The molecule has 1 aromatic rings. The predicted molar refractivity (Wildman–Crippen MR) is 120 cm³/mol. The van der Waals surface area contributed by atoms with Gasteiger partial charge in [0.15, 0.2) is 0 Å². The molecule has 0 saturated carbocycles. The minimum atomic E-state index is -0.0646. The highest BCUT2D eigenvalue weighted by molar-refractivity contribution is 7.79. The maximum Gasteiger partial charge on any atom is 0.150 e. The number of ether oxygens (including phenoxy) is 1. The lowest BCUT2D eigenvalue weighted by Gasteiger charge is -2.25. The summed E-state index contributed by atoms with van der Waals surface area (Å²) in [4.78, 5) is 2.18. The summed E-state index contributed by atoms with van der Waals surface area (Å²) >= 11 is 5.19. The molecule has 0 fully saturated rings. The van der Waals surface area contributed by atoms with E-state index in [1.54, 1.807) is 12.5 Å². The van der Waals surface area contributed by atoms with Crippen LogP contribution in [0.3, 0.4) is 0 Å². The maximum atomic E-state index is 5.36. The molecule has 0 bridgehead atoms. The number of methoxy groups -OCH3 is 1. The number of benzene rings is 1. The van der Waals surface area contributed by atoms with Crippen molar-refractivity contribution < 1.29 is 4.74 Å². The molecule has 0 amide bonds. The number of unbranched alkanes of at least 4 members (excludes halogenated alkanes) is 9. The Morgan fingerprint density at radius 2 is 1.74 bits per heavy atom. The quantitative estimate of drug-likeness (QED) is 0.310. The molecule has 150 valence electrons. The highest BCUT2D eigenvalue weighted by Gasteiger charge is 2.27. The SMILES string of the molecule is CCCCCCCCCCCCC1=NNC(C=S)N1c1cccc(OC)c1. The minimum Gasteiger partial charge on any atom is -0.497 e. The van der Waals surface area contributed by atoms with Crippen LogP contribution in [0.2, 0.25) is 0 Å². The van der Waals surface area contributed by atoms with Crippen molar-refractivity contribution in [3.05, 3.63) is 24.3 Å². The van der Waals surface area contributed by atoms with E-state index >= 15 is 0 Å². The van der Waals surface area contributed by atoms with Crippen LogP contribution >= 0.6 is 12.2 Å². The van der Waals surface area contributed by atoms with Crippen LogP contribution in [0.1, 0.15) is 77.6 Å². The molecule has 0 saturated heterocycles. The van der Waals surface area contributed by atoms with Gasteiger partial charge in [-0.3, -0.25) is 5.43 Å². The average molecular weight is 390 g/mol. The molecule has 5 heteroatoms. The molecular formula is C22H35N3OS. The van der Waals surface area contributed by atoms with E-state index in [0.29, 0.717) is 0 Å². The Morgan fingerprint density at radius 1 is 1.07 bits per heavy atom. The topological polar surface area (TPSA) is 36.9 Å². The predicted octanol–water partition coefficient (Wildman–Crippen LogP) is 6.06. The molecule has 1 aliphatic rings. The maximum absolute atomic E-state index is 5.36. The Morgan fingerprint density at radius 3 is 2.37 bits per heavy atom. The van der Waals surface area contributed by atoms with E-state index in [4.69, 9.17) is 17.0 Å². The second-order valence-electron chi connectivity index (χ2n) is 7.24. The third kappa shape index (κ3) is 7.13. The van der Waals surface area contributed by atoms with Gasteiger partial charge in [0, 0.05) is 23.5 Å². The van der Waals surface area contributed by atoms with Crippen molar-refractivity contribution in [3.63, 3.8) is 0 Å². The molecule has 1 aliphatic heterocycles. The third-order valence-corrected chi connectivity index (χ3v) is 5.35. The van der Waals surface area contributed by atoms with E-state index in [9.17, 15) is 0 Å². The zero-order chi connectivity index (χ0) is 19.3. The zero-order valence-electron chi connectivity index (χ0n) is 17.0. The van der Waals surface area contributed by atoms with Crippen LogP contribution in [-0.2, 0) is 0 Å². The largest absolute Gasteiger partial charge is 0.497 e. The fourth-order valence-corrected chi connectivity index (χ4v) is 3.70. The van der Waals surface area contributed by atoms with Gasteiger partial charge in [0.05, 0.1) is 7.11 Å². The second kappa shape index (κ2) is 12.7. The van der Waals surface area contributed by atoms with E-state index < -0.39 is 0 Å². The molecule has 0 radical (unpaired) electrons. The minimum absolute atomic E-state index is 0.0646. The number of hydrogen-bond donors (Lipinski definition) is 1. The highest BCUT2D eigenvalue weighted by Crippen LogP contribution is 2.26. The Hall–Kier alpha value is -1.62. The molecule has 1 heterocycles. The molecule has 27 heavy (non-hydrogen) atoms. The summed E-state index contributed by atoms with van der Waals surface area (Å²) in [5.41, 5.74) is 4.21. The fourth-order valence-electron chi connectivity index (χ4n) is 3.52. The Kier molecular flexibility index (Phi) is 10.2. The molecular weight excluding hydrogens is 354 g/mol. The summed E-state index contributed by atoms with van der Waals surface area (Å²) in [6, 6.07) is 8.08. The number of amidine groups is 1. The summed E-state index contributed by atoms with van der Waals surface area (Å²) in [5, 5.41) is 6.26. The van der Waals surface area contributed by atoms with E-state index in [1.807, 2.05) is 18.2 Å². The smallest absolute Gasteiger partial charge is 0.150 e. The van der Waals surface area contributed by atoms with Gasteiger partial charge in [-0.25, -0.2) is 0 Å². The lowest BCUT2D eigenvalue weighted by atomic mass is 10.1. The van der Waals surface area contributed by atoms with Crippen LogP contribution < -0.4 is 15.1 Å². The first kappa shape index (κ1) is 21.7. The van der Waals surface area contributed by atoms with Gasteiger partial charge < -0.3 is 9.64 Å². The van der Waals surface area contributed by atoms with Crippen LogP contribution in [-0.4, -0.2) is 24.5 Å². The first-order chi connectivity index (χ1) is 13.3. The van der Waals surface area contributed by atoms with E-state index in [2.05, 4.69) is 28.4 Å². The van der Waals surface area contributed by atoms with Crippen LogP contribution in [0.15, 0.2) is 29.4 Å². The molecule has 4 nitrogen and oxygen atoms in total. The molecule has 1 unspecified atom stereocenters. The van der Waals surface area contributed by atoms with Crippen LogP contribution in [0.5, 0.6) is 5.75 Å². The van der Waals surface area contributed by atoms with Gasteiger partial charge in [-0.2, -0.15) is 5.10 Å². The molecule has 0 aromatic heterocycles. The lowest BCUT2D eigenvalue weighted by Crippen LogP contribution is -2.41. The number of hydrazone groups is 1. The standard InChI is InChI=1S/C22H35N3OS/c1-3-4-5-6-7-8-9-10-11-12-16-21-23-24-22(18-27)25(21)19-14-13-15-20(17-19)26-2/h13-15,17-18,22,24H,3-12,16H2,1-2H3. The molecule has 1 aromatic carbocycles. The summed E-state index contributed by atoms with van der Waals surface area (Å²) in [6.07, 6.45) is 14.3. The normalized spacial score (nSPS) is 16.1. The van der Waals surface area contributed by atoms with E-state index in [0.717, 1.165) is 23.7 Å². The number of rotatable bonds is 14. The number of anilines is 1. The van der Waals surface area contributed by atoms with Crippen molar-refractivity contribution in [3.8, 4) is 5.75 Å². The molecule has 1 N–H and O–H groups in total. The van der Waals surface area contributed by atoms with Gasteiger partial charge in [-0.1, -0.05) is 83.0 Å². The summed E-state index contributed by atoms with van der Waals surface area (Å²) < 4.78 is 5.36. The van der Waals surface area contributed by atoms with Crippen LogP contribution in [0, 0.1) is 0 Å². The van der Waals surface area contributed by atoms with Crippen molar-refractivity contribution in [2.75, 3.05) is 12.0 Å². The van der Waals surface area contributed by atoms with Crippen molar-refractivity contribution in [1.29, 1.82) is 0 Å². The fraction of sp³-hybridized carbons (Fsp3) is 0.636. The zero-order valence-corrected chi connectivity index (χ0v) is 17.8. The number of hydrogen-bond acceptors (Lipinski definition) is 5.